The lowest BCUT2D eigenvalue weighted by molar-refractivity contribution is -0.858. The highest BCUT2D eigenvalue weighted by molar-refractivity contribution is 7.80. The molecule has 1 aromatic carbocycles. The zero-order valence-corrected chi connectivity index (χ0v) is 13.8. The van der Waals surface area contributed by atoms with Crippen LogP contribution in [-0.4, -0.2) is 46.4 Å². The van der Waals surface area contributed by atoms with Gasteiger partial charge in [0.05, 0.1) is 20.6 Å². The van der Waals surface area contributed by atoms with E-state index in [0.717, 1.165) is 31.2 Å². The molecule has 1 rings (SSSR count). The summed E-state index contributed by atoms with van der Waals surface area (Å²) in [6.45, 7) is 2.84. The van der Waals surface area contributed by atoms with Gasteiger partial charge in [0, 0.05) is 39.3 Å². The molecular formula is C15H27N4S+. The Morgan fingerprint density at radius 2 is 1.80 bits per heavy atom. The second-order valence-electron chi connectivity index (χ2n) is 5.48. The summed E-state index contributed by atoms with van der Waals surface area (Å²) < 4.78 is 0. The monoisotopic (exact) mass is 295 g/mol. The van der Waals surface area contributed by atoms with Gasteiger partial charge in [0.2, 0.25) is 0 Å². The Labute approximate surface area is 128 Å². The van der Waals surface area contributed by atoms with Crippen LogP contribution in [0.5, 0.6) is 0 Å². The van der Waals surface area contributed by atoms with Crippen molar-refractivity contribution in [2.24, 2.45) is 0 Å². The van der Waals surface area contributed by atoms with E-state index in [0.29, 0.717) is 0 Å². The van der Waals surface area contributed by atoms with Gasteiger partial charge in [-0.25, -0.2) is 0 Å². The molecule has 3 N–H and O–H groups in total. The van der Waals surface area contributed by atoms with E-state index >= 15 is 0 Å². The van der Waals surface area contributed by atoms with E-state index in [1.807, 2.05) is 14.1 Å². The van der Waals surface area contributed by atoms with Crippen LogP contribution in [0.1, 0.15) is 12.0 Å². The van der Waals surface area contributed by atoms with Gasteiger partial charge in [-0.2, -0.15) is 0 Å². The maximum absolute atomic E-state index is 5.26. The summed E-state index contributed by atoms with van der Waals surface area (Å²) in [7, 11) is 8.41. The van der Waals surface area contributed by atoms with E-state index in [9.17, 15) is 0 Å². The molecule has 0 spiro atoms. The minimum atomic E-state index is 0.732. The topological polar surface area (TPSA) is 31.7 Å². The van der Waals surface area contributed by atoms with Crippen molar-refractivity contribution >= 4 is 23.0 Å². The number of nitrogens with zero attached hydrogens (tertiary/aromatic N) is 1. The minimum Gasteiger partial charge on any atom is -0.378 e. The van der Waals surface area contributed by atoms with E-state index in [1.54, 1.807) is 0 Å². The van der Waals surface area contributed by atoms with Gasteiger partial charge in [0.1, 0.15) is 0 Å². The SMILES string of the molecule is CN(C)c1ccc(CNC(=S)NCCC[NH+](C)C)cc1. The number of quaternary nitrogens is 1. The Bertz CT molecular complexity index is 401. The lowest BCUT2D eigenvalue weighted by Gasteiger charge is -2.14. The molecule has 112 valence electrons. The van der Waals surface area contributed by atoms with Crippen LogP contribution in [-0.2, 0) is 6.54 Å². The van der Waals surface area contributed by atoms with Crippen molar-refractivity contribution in [3.8, 4) is 0 Å². The van der Waals surface area contributed by atoms with E-state index in [-0.39, 0.29) is 0 Å². The van der Waals surface area contributed by atoms with Gasteiger partial charge in [-0.3, -0.25) is 0 Å². The number of thiocarbonyl (C=S) groups is 1. The first-order valence-corrected chi connectivity index (χ1v) is 7.47. The summed E-state index contributed by atoms with van der Waals surface area (Å²) in [5.41, 5.74) is 2.44. The summed E-state index contributed by atoms with van der Waals surface area (Å²) in [4.78, 5) is 3.56. The number of hydrogen-bond donors (Lipinski definition) is 3. The molecule has 0 aliphatic rings. The Morgan fingerprint density at radius 1 is 1.15 bits per heavy atom. The third-order valence-corrected chi connectivity index (χ3v) is 3.33. The van der Waals surface area contributed by atoms with Crippen LogP contribution in [0.15, 0.2) is 24.3 Å². The largest absolute Gasteiger partial charge is 0.378 e. The third kappa shape index (κ3) is 6.73. The predicted molar refractivity (Wildman–Crippen MR) is 90.5 cm³/mol. The molecule has 0 heterocycles. The van der Waals surface area contributed by atoms with E-state index in [2.05, 4.69) is 53.9 Å². The average molecular weight is 295 g/mol. The molecule has 0 unspecified atom stereocenters. The van der Waals surface area contributed by atoms with Gasteiger partial charge >= 0.3 is 0 Å². The van der Waals surface area contributed by atoms with Gasteiger partial charge in [0.15, 0.2) is 5.11 Å². The van der Waals surface area contributed by atoms with Crippen molar-refractivity contribution in [2.75, 3.05) is 46.2 Å². The molecule has 0 atom stereocenters. The van der Waals surface area contributed by atoms with Crippen LogP contribution in [0, 0.1) is 0 Å². The highest BCUT2D eigenvalue weighted by Crippen LogP contribution is 2.11. The molecule has 0 amide bonds. The highest BCUT2D eigenvalue weighted by atomic mass is 32.1. The smallest absolute Gasteiger partial charge is 0.166 e. The molecule has 0 aromatic heterocycles. The molecule has 1 aromatic rings. The van der Waals surface area contributed by atoms with Gasteiger partial charge in [0.25, 0.3) is 0 Å². The second-order valence-corrected chi connectivity index (χ2v) is 5.89. The zero-order chi connectivity index (χ0) is 15.0. The van der Waals surface area contributed by atoms with Crippen molar-refractivity contribution in [3.63, 3.8) is 0 Å². The summed E-state index contributed by atoms with van der Waals surface area (Å²) in [5, 5.41) is 7.20. The molecule has 20 heavy (non-hydrogen) atoms. The fraction of sp³-hybridized carbons (Fsp3) is 0.533. The molecule has 5 heteroatoms. The quantitative estimate of drug-likeness (QED) is 0.497. The van der Waals surface area contributed by atoms with Crippen molar-refractivity contribution in [2.45, 2.75) is 13.0 Å². The lowest BCUT2D eigenvalue weighted by Crippen LogP contribution is -3.05. The lowest BCUT2D eigenvalue weighted by atomic mass is 10.2. The van der Waals surface area contributed by atoms with Gasteiger partial charge in [-0.05, 0) is 29.9 Å². The normalized spacial score (nSPS) is 10.4. The first-order chi connectivity index (χ1) is 9.49. The molecule has 4 nitrogen and oxygen atoms in total. The van der Waals surface area contributed by atoms with Crippen molar-refractivity contribution in [3.05, 3.63) is 29.8 Å². The first kappa shape index (κ1) is 16.7. The number of hydrogen-bond acceptors (Lipinski definition) is 2. The van der Waals surface area contributed by atoms with Gasteiger partial charge in [-0.1, -0.05) is 12.1 Å². The van der Waals surface area contributed by atoms with Crippen LogP contribution < -0.4 is 20.4 Å². The van der Waals surface area contributed by atoms with Crippen LogP contribution in [0.4, 0.5) is 5.69 Å². The van der Waals surface area contributed by atoms with Crippen LogP contribution in [0.2, 0.25) is 0 Å². The maximum atomic E-state index is 5.26. The van der Waals surface area contributed by atoms with E-state index in [1.165, 1.54) is 16.2 Å². The Balaban J connectivity index is 2.23. The Hall–Kier alpha value is -1.33. The summed E-state index contributed by atoms with van der Waals surface area (Å²) in [5.74, 6) is 0. The van der Waals surface area contributed by atoms with Crippen LogP contribution >= 0.6 is 12.2 Å². The molecule has 0 aliphatic carbocycles. The minimum absolute atomic E-state index is 0.732. The molecule has 0 fully saturated rings. The van der Waals surface area contributed by atoms with Gasteiger partial charge < -0.3 is 20.4 Å². The summed E-state index contributed by atoms with van der Waals surface area (Å²) >= 11 is 5.26. The van der Waals surface area contributed by atoms with Crippen molar-refractivity contribution in [1.29, 1.82) is 0 Å². The standard InChI is InChI=1S/C15H26N4S/c1-18(2)11-5-10-16-15(20)17-12-13-6-8-14(9-7-13)19(3)4/h6-9H,5,10-12H2,1-4H3,(H2,16,17,20)/p+1. The van der Waals surface area contributed by atoms with E-state index < -0.39 is 0 Å². The molecular weight excluding hydrogens is 268 g/mol. The maximum Gasteiger partial charge on any atom is 0.166 e. The number of benzene rings is 1. The third-order valence-electron chi connectivity index (χ3n) is 3.04. The van der Waals surface area contributed by atoms with Crippen molar-refractivity contribution in [1.82, 2.24) is 10.6 Å². The fourth-order valence-electron chi connectivity index (χ4n) is 1.80. The first-order valence-electron chi connectivity index (χ1n) is 7.06. The molecule has 0 saturated heterocycles. The Morgan fingerprint density at radius 3 is 2.35 bits per heavy atom. The number of anilines is 1. The van der Waals surface area contributed by atoms with Gasteiger partial charge in [-0.15, -0.1) is 0 Å². The molecule has 0 radical (unpaired) electrons. The molecule has 0 bridgehead atoms. The summed E-state index contributed by atoms with van der Waals surface area (Å²) in [6, 6.07) is 8.49. The van der Waals surface area contributed by atoms with Crippen LogP contribution in [0.3, 0.4) is 0 Å². The summed E-state index contributed by atoms with van der Waals surface area (Å²) in [6.07, 6.45) is 1.13. The number of rotatable bonds is 7. The van der Waals surface area contributed by atoms with Crippen molar-refractivity contribution < 1.29 is 4.90 Å². The fourth-order valence-corrected chi connectivity index (χ4v) is 1.97. The average Bonchev–Trinajstić information content (AvgIpc) is 2.41. The highest BCUT2D eigenvalue weighted by Gasteiger charge is 1.99. The Kier molecular flexibility index (Phi) is 7.33. The number of nitrogens with one attached hydrogen (secondary N) is 3. The van der Waals surface area contributed by atoms with Crippen LogP contribution in [0.25, 0.3) is 0 Å². The van der Waals surface area contributed by atoms with E-state index in [4.69, 9.17) is 12.2 Å². The molecule has 0 aliphatic heterocycles. The second kappa shape index (κ2) is 8.76. The molecule has 0 saturated carbocycles. The predicted octanol–water partition coefficient (Wildman–Crippen LogP) is 0.251. The zero-order valence-electron chi connectivity index (χ0n) is 13.0.